The van der Waals surface area contributed by atoms with E-state index in [0.29, 0.717) is 23.0 Å². The lowest BCUT2D eigenvalue weighted by Gasteiger charge is -2.60. The van der Waals surface area contributed by atoms with Crippen molar-refractivity contribution in [2.24, 2.45) is 34.5 Å². The van der Waals surface area contributed by atoms with Gasteiger partial charge in [0.05, 0.1) is 12.1 Å². The van der Waals surface area contributed by atoms with Crippen LogP contribution in [0.1, 0.15) is 84.5 Å². The van der Waals surface area contributed by atoms with Crippen molar-refractivity contribution in [2.75, 3.05) is 13.1 Å². The molecule has 3 nitrogen and oxygen atoms in total. The lowest BCUT2D eigenvalue weighted by atomic mass is 9.45. The van der Waals surface area contributed by atoms with Gasteiger partial charge in [-0.15, -0.1) is 0 Å². The second-order valence-corrected chi connectivity index (χ2v) is 11.3. The summed E-state index contributed by atoms with van der Waals surface area (Å²) in [7, 11) is 0. The number of nitrogens with zero attached hydrogens (tertiary/aromatic N) is 1. The Hall–Kier alpha value is -0.410. The SMILES string of the molecule is C[C@]12CC[C@H](O)C[C@@H]1CC[C@@H]1[C@@H]2CC[C@]2(C)C(=O)[C@@H](N3CCCCC3)C[C@@H]12. The molecule has 0 aromatic carbocycles. The topological polar surface area (TPSA) is 40.5 Å². The van der Waals surface area contributed by atoms with Crippen molar-refractivity contribution < 1.29 is 9.90 Å². The summed E-state index contributed by atoms with van der Waals surface area (Å²) < 4.78 is 0. The molecule has 4 aliphatic carbocycles. The smallest absolute Gasteiger partial charge is 0.156 e. The van der Waals surface area contributed by atoms with E-state index >= 15 is 0 Å². The molecule has 3 heteroatoms. The van der Waals surface area contributed by atoms with Crippen LogP contribution >= 0.6 is 0 Å². The molecule has 0 bridgehead atoms. The van der Waals surface area contributed by atoms with Gasteiger partial charge in [-0.2, -0.15) is 0 Å². The zero-order valence-electron chi connectivity index (χ0n) is 17.5. The fraction of sp³-hybridized carbons (Fsp3) is 0.958. The minimum absolute atomic E-state index is 0.0549. The lowest BCUT2D eigenvalue weighted by Crippen LogP contribution is -2.54. The maximum atomic E-state index is 13.6. The van der Waals surface area contributed by atoms with Crippen LogP contribution in [0.25, 0.3) is 0 Å². The molecule has 5 aliphatic rings. The summed E-state index contributed by atoms with van der Waals surface area (Å²) in [5.74, 6) is 3.45. The van der Waals surface area contributed by atoms with Crippen molar-refractivity contribution in [3.8, 4) is 0 Å². The van der Waals surface area contributed by atoms with E-state index in [-0.39, 0.29) is 17.6 Å². The average molecular weight is 374 g/mol. The monoisotopic (exact) mass is 373 g/mol. The van der Waals surface area contributed by atoms with Gasteiger partial charge >= 0.3 is 0 Å². The molecule has 4 saturated carbocycles. The van der Waals surface area contributed by atoms with E-state index in [9.17, 15) is 9.90 Å². The van der Waals surface area contributed by atoms with Crippen molar-refractivity contribution in [1.82, 2.24) is 4.90 Å². The number of fused-ring (bicyclic) bond motifs is 5. The van der Waals surface area contributed by atoms with Gasteiger partial charge in [0, 0.05) is 5.41 Å². The molecule has 0 aromatic heterocycles. The van der Waals surface area contributed by atoms with Crippen LogP contribution in [0.4, 0.5) is 0 Å². The Morgan fingerprint density at radius 1 is 0.926 bits per heavy atom. The summed E-state index contributed by atoms with van der Waals surface area (Å²) >= 11 is 0. The van der Waals surface area contributed by atoms with Gasteiger partial charge in [-0.25, -0.2) is 0 Å². The minimum atomic E-state index is -0.0648. The predicted molar refractivity (Wildman–Crippen MR) is 107 cm³/mol. The molecule has 27 heavy (non-hydrogen) atoms. The number of ketones is 1. The van der Waals surface area contributed by atoms with Crippen molar-refractivity contribution >= 4 is 5.78 Å². The van der Waals surface area contributed by atoms with Crippen LogP contribution in [0.2, 0.25) is 0 Å². The summed E-state index contributed by atoms with van der Waals surface area (Å²) in [5, 5.41) is 10.2. The second-order valence-electron chi connectivity index (χ2n) is 11.3. The lowest BCUT2D eigenvalue weighted by molar-refractivity contribution is -0.143. The molecule has 1 heterocycles. The van der Waals surface area contributed by atoms with Crippen LogP contribution in [0.15, 0.2) is 0 Å². The van der Waals surface area contributed by atoms with E-state index in [1.54, 1.807) is 0 Å². The Labute approximate surface area is 165 Å². The van der Waals surface area contributed by atoms with E-state index < -0.39 is 0 Å². The van der Waals surface area contributed by atoms with E-state index in [1.165, 1.54) is 44.9 Å². The van der Waals surface area contributed by atoms with Crippen molar-refractivity contribution in [1.29, 1.82) is 0 Å². The standard InChI is InChI=1S/C24H39NO2/c1-23-10-8-17(26)14-16(23)6-7-18-19(23)9-11-24(2)20(18)15-21(22(24)27)25-12-4-3-5-13-25/h16-21,26H,3-15H2,1-2H3/t16-,17-,18+,19-,20-,21-,23-,24-/m0/s1. The number of likely N-dealkylation sites (tertiary alicyclic amines) is 1. The van der Waals surface area contributed by atoms with Crippen LogP contribution in [0, 0.1) is 34.5 Å². The first-order valence-electron chi connectivity index (χ1n) is 11.9. The van der Waals surface area contributed by atoms with Crippen molar-refractivity contribution in [2.45, 2.75) is 96.6 Å². The van der Waals surface area contributed by atoms with Gasteiger partial charge < -0.3 is 5.11 Å². The summed E-state index contributed by atoms with van der Waals surface area (Å²) in [6.45, 7) is 7.16. The molecule has 1 N–H and O–H groups in total. The van der Waals surface area contributed by atoms with Gasteiger partial charge in [0.2, 0.25) is 0 Å². The largest absolute Gasteiger partial charge is 0.393 e. The maximum absolute atomic E-state index is 13.6. The third-order valence-corrected chi connectivity index (χ3v) is 10.2. The first-order valence-corrected chi connectivity index (χ1v) is 11.9. The van der Waals surface area contributed by atoms with E-state index in [1.807, 2.05) is 0 Å². The number of hydrogen-bond acceptors (Lipinski definition) is 3. The quantitative estimate of drug-likeness (QED) is 0.739. The van der Waals surface area contributed by atoms with E-state index in [0.717, 1.165) is 50.6 Å². The number of aliphatic hydroxyl groups excluding tert-OH is 1. The third-order valence-electron chi connectivity index (χ3n) is 10.2. The summed E-state index contributed by atoms with van der Waals surface area (Å²) in [4.78, 5) is 16.1. The second kappa shape index (κ2) is 6.55. The van der Waals surface area contributed by atoms with Gasteiger partial charge in [-0.3, -0.25) is 9.69 Å². The van der Waals surface area contributed by atoms with Crippen LogP contribution < -0.4 is 0 Å². The zero-order valence-corrected chi connectivity index (χ0v) is 17.5. The highest BCUT2D eigenvalue weighted by Crippen LogP contribution is 2.65. The summed E-state index contributed by atoms with van der Waals surface area (Å²) in [6, 6.07) is 0.220. The molecular weight excluding hydrogens is 334 g/mol. The van der Waals surface area contributed by atoms with Crippen molar-refractivity contribution in [3.63, 3.8) is 0 Å². The van der Waals surface area contributed by atoms with Gasteiger partial charge in [0.15, 0.2) is 5.78 Å². The highest BCUT2D eigenvalue weighted by atomic mass is 16.3. The molecule has 5 fully saturated rings. The number of carbonyl (C=O) groups is 1. The molecule has 0 radical (unpaired) electrons. The van der Waals surface area contributed by atoms with Crippen LogP contribution in [0.3, 0.4) is 0 Å². The number of rotatable bonds is 1. The zero-order chi connectivity index (χ0) is 18.8. The molecule has 152 valence electrons. The fourth-order valence-electron chi connectivity index (χ4n) is 8.57. The molecule has 0 spiro atoms. The van der Waals surface area contributed by atoms with Gasteiger partial charge in [0.25, 0.3) is 0 Å². The predicted octanol–water partition coefficient (Wildman–Crippen LogP) is 4.42. The molecule has 0 aromatic rings. The molecule has 8 atom stereocenters. The van der Waals surface area contributed by atoms with Gasteiger partial charge in [-0.1, -0.05) is 20.3 Å². The first kappa shape index (κ1) is 18.6. The summed E-state index contributed by atoms with van der Waals surface area (Å²) in [6.07, 6.45) is 13.1. The Bertz CT molecular complexity index is 599. The number of aliphatic hydroxyl groups is 1. The Balaban J connectivity index is 1.40. The first-order chi connectivity index (χ1) is 12.9. The molecule has 1 saturated heterocycles. The Morgan fingerprint density at radius 2 is 1.70 bits per heavy atom. The Kier molecular flexibility index (Phi) is 4.52. The number of piperidine rings is 1. The fourth-order valence-corrected chi connectivity index (χ4v) is 8.57. The highest BCUT2D eigenvalue weighted by molar-refractivity contribution is 5.92. The van der Waals surface area contributed by atoms with E-state index in [4.69, 9.17) is 0 Å². The van der Waals surface area contributed by atoms with Crippen LogP contribution in [-0.4, -0.2) is 41.0 Å². The van der Waals surface area contributed by atoms with Crippen LogP contribution in [0.5, 0.6) is 0 Å². The molecule has 1 aliphatic heterocycles. The number of hydrogen-bond donors (Lipinski definition) is 1. The Morgan fingerprint density at radius 3 is 2.48 bits per heavy atom. The minimum Gasteiger partial charge on any atom is -0.393 e. The van der Waals surface area contributed by atoms with Gasteiger partial charge in [0.1, 0.15) is 0 Å². The maximum Gasteiger partial charge on any atom is 0.156 e. The molecule has 0 amide bonds. The third kappa shape index (κ3) is 2.70. The highest BCUT2D eigenvalue weighted by Gasteiger charge is 2.62. The van der Waals surface area contributed by atoms with Crippen molar-refractivity contribution in [3.05, 3.63) is 0 Å². The van der Waals surface area contributed by atoms with Gasteiger partial charge in [-0.05, 0) is 106 Å². The van der Waals surface area contributed by atoms with Crippen LogP contribution in [-0.2, 0) is 4.79 Å². The molecular formula is C24H39NO2. The number of Topliss-reactive ketones (excluding diaryl/α,β-unsaturated/α-hetero) is 1. The van der Waals surface area contributed by atoms with E-state index in [2.05, 4.69) is 18.7 Å². The normalized spacial score (nSPS) is 53.5. The summed E-state index contributed by atoms with van der Waals surface area (Å²) in [5.41, 5.74) is 0.358. The molecule has 0 unspecified atom stereocenters. The number of carbonyl (C=O) groups excluding carboxylic acids is 1. The average Bonchev–Trinajstić information content (AvgIpc) is 2.94. The molecule has 5 rings (SSSR count).